The minimum atomic E-state index is 0.442. The Bertz CT molecular complexity index is 1110. The summed E-state index contributed by atoms with van der Waals surface area (Å²) in [5.74, 6) is 1.28. The maximum Gasteiger partial charge on any atom is 0.174 e. The van der Waals surface area contributed by atoms with E-state index in [1.54, 1.807) is 37.5 Å². The van der Waals surface area contributed by atoms with Crippen LogP contribution < -0.4 is 9.47 Å². The smallest absolute Gasteiger partial charge is 0.174 e. The van der Waals surface area contributed by atoms with Gasteiger partial charge in [0.15, 0.2) is 11.5 Å². The highest BCUT2D eigenvalue weighted by Gasteiger charge is 2.12. The standard InChI is InChI=1S/C24H17IN2O2/c1-28-23-13-19(11-21(15-27)20-9-7-17(14-26)8-10-20)12-22(25)24(23)29-16-18-5-3-2-4-6-18/h2-13H,16H2,1H3. The lowest BCUT2D eigenvalue weighted by Gasteiger charge is -2.14. The van der Waals surface area contributed by atoms with Crippen molar-refractivity contribution < 1.29 is 9.47 Å². The average molecular weight is 492 g/mol. The number of benzene rings is 3. The number of hydrogen-bond donors (Lipinski definition) is 0. The minimum absolute atomic E-state index is 0.442. The molecule has 0 radical (unpaired) electrons. The Morgan fingerprint density at radius 2 is 1.76 bits per heavy atom. The third-order valence-electron chi connectivity index (χ3n) is 4.23. The summed E-state index contributed by atoms with van der Waals surface area (Å²) in [6.07, 6.45) is 1.80. The summed E-state index contributed by atoms with van der Waals surface area (Å²) in [7, 11) is 1.60. The molecule has 0 aliphatic rings. The Morgan fingerprint density at radius 1 is 1.03 bits per heavy atom. The van der Waals surface area contributed by atoms with Gasteiger partial charge in [-0.2, -0.15) is 10.5 Å². The molecule has 0 N–H and O–H groups in total. The first kappa shape index (κ1) is 20.4. The molecule has 3 aromatic carbocycles. The molecule has 0 atom stereocenters. The van der Waals surface area contributed by atoms with Gasteiger partial charge in [0.25, 0.3) is 0 Å². The van der Waals surface area contributed by atoms with E-state index in [9.17, 15) is 5.26 Å². The zero-order valence-corrected chi connectivity index (χ0v) is 17.9. The molecule has 4 nitrogen and oxygen atoms in total. The van der Waals surface area contributed by atoms with Gasteiger partial charge in [-0.05, 0) is 69.6 Å². The van der Waals surface area contributed by atoms with Crippen LogP contribution in [-0.4, -0.2) is 7.11 Å². The lowest BCUT2D eigenvalue weighted by Crippen LogP contribution is -2.00. The summed E-state index contributed by atoms with van der Waals surface area (Å²) in [6.45, 7) is 0.442. The molecule has 0 unspecified atom stereocenters. The predicted molar refractivity (Wildman–Crippen MR) is 121 cm³/mol. The van der Waals surface area contributed by atoms with Crippen LogP contribution >= 0.6 is 22.6 Å². The molecule has 142 valence electrons. The van der Waals surface area contributed by atoms with Crippen LogP contribution in [-0.2, 0) is 6.61 Å². The first-order valence-electron chi connectivity index (χ1n) is 8.81. The molecule has 0 bridgehead atoms. The molecule has 3 rings (SSSR count). The largest absolute Gasteiger partial charge is 0.493 e. The van der Waals surface area contributed by atoms with Gasteiger partial charge in [0, 0.05) is 0 Å². The van der Waals surface area contributed by atoms with E-state index in [0.29, 0.717) is 29.2 Å². The second-order valence-corrected chi connectivity index (χ2v) is 7.33. The number of nitriles is 2. The zero-order chi connectivity index (χ0) is 20.6. The Morgan fingerprint density at radius 3 is 2.38 bits per heavy atom. The molecule has 0 aromatic heterocycles. The van der Waals surface area contributed by atoms with E-state index in [-0.39, 0.29) is 0 Å². The molecule has 0 aliphatic heterocycles. The first-order chi connectivity index (χ1) is 14.1. The third kappa shape index (κ3) is 5.16. The van der Waals surface area contributed by atoms with Crippen LogP contribution in [0.2, 0.25) is 0 Å². The lowest BCUT2D eigenvalue weighted by atomic mass is 10.0. The summed E-state index contributed by atoms with van der Waals surface area (Å²) in [5, 5.41) is 18.5. The summed E-state index contributed by atoms with van der Waals surface area (Å²) < 4.78 is 12.4. The summed E-state index contributed by atoms with van der Waals surface area (Å²) >= 11 is 2.21. The van der Waals surface area contributed by atoms with Gasteiger partial charge < -0.3 is 9.47 Å². The molecule has 5 heteroatoms. The normalized spacial score (nSPS) is 10.7. The van der Waals surface area contributed by atoms with Crippen molar-refractivity contribution in [3.63, 3.8) is 0 Å². The van der Waals surface area contributed by atoms with E-state index in [1.165, 1.54) is 0 Å². The number of nitrogens with zero attached hydrogens (tertiary/aromatic N) is 2. The quantitative estimate of drug-likeness (QED) is 0.247. The molecule has 0 heterocycles. The maximum atomic E-state index is 9.59. The van der Waals surface area contributed by atoms with Crippen molar-refractivity contribution in [3.05, 3.63) is 92.6 Å². The van der Waals surface area contributed by atoms with E-state index < -0.39 is 0 Å². The fraction of sp³-hybridized carbons (Fsp3) is 0.0833. The van der Waals surface area contributed by atoms with E-state index in [0.717, 1.165) is 20.3 Å². The number of hydrogen-bond acceptors (Lipinski definition) is 4. The number of halogens is 1. The number of methoxy groups -OCH3 is 1. The molecule has 0 fully saturated rings. The van der Waals surface area contributed by atoms with Crippen LogP contribution in [0, 0.1) is 26.2 Å². The van der Waals surface area contributed by atoms with Gasteiger partial charge in [-0.25, -0.2) is 0 Å². The maximum absolute atomic E-state index is 9.59. The minimum Gasteiger partial charge on any atom is -0.493 e. The van der Waals surface area contributed by atoms with Crippen molar-refractivity contribution in [3.8, 4) is 23.6 Å². The molecule has 29 heavy (non-hydrogen) atoms. The highest BCUT2D eigenvalue weighted by molar-refractivity contribution is 14.1. The lowest BCUT2D eigenvalue weighted by molar-refractivity contribution is 0.282. The van der Waals surface area contributed by atoms with Crippen molar-refractivity contribution in [2.45, 2.75) is 6.61 Å². The molecule has 0 saturated heterocycles. The van der Waals surface area contributed by atoms with Gasteiger partial charge in [0.05, 0.1) is 34.0 Å². The van der Waals surface area contributed by atoms with Crippen molar-refractivity contribution in [1.82, 2.24) is 0 Å². The monoisotopic (exact) mass is 492 g/mol. The summed E-state index contributed by atoms with van der Waals surface area (Å²) in [5.41, 5.74) is 3.72. The van der Waals surface area contributed by atoms with Crippen LogP contribution in [0.1, 0.15) is 22.3 Å². The Kier molecular flexibility index (Phi) is 6.89. The average Bonchev–Trinajstić information content (AvgIpc) is 2.77. The zero-order valence-electron chi connectivity index (χ0n) is 15.7. The number of rotatable bonds is 6. The van der Waals surface area contributed by atoms with E-state index in [2.05, 4.69) is 34.7 Å². The van der Waals surface area contributed by atoms with Gasteiger partial charge in [0.2, 0.25) is 0 Å². The summed E-state index contributed by atoms with van der Waals surface area (Å²) in [4.78, 5) is 0. The molecule has 0 saturated carbocycles. The van der Waals surface area contributed by atoms with Crippen LogP contribution in [0.3, 0.4) is 0 Å². The number of allylic oxidation sites excluding steroid dienone is 1. The van der Waals surface area contributed by atoms with Crippen molar-refractivity contribution >= 4 is 34.2 Å². The fourth-order valence-electron chi connectivity index (χ4n) is 2.76. The summed E-state index contributed by atoms with van der Waals surface area (Å²) in [6, 6.07) is 25.0. The van der Waals surface area contributed by atoms with Crippen molar-refractivity contribution in [2.75, 3.05) is 7.11 Å². The second-order valence-electron chi connectivity index (χ2n) is 6.17. The van der Waals surface area contributed by atoms with Gasteiger partial charge >= 0.3 is 0 Å². The molecular formula is C24H17IN2O2. The molecular weight excluding hydrogens is 475 g/mol. The first-order valence-corrected chi connectivity index (χ1v) is 9.89. The van der Waals surface area contributed by atoms with Crippen LogP contribution in [0.15, 0.2) is 66.7 Å². The highest BCUT2D eigenvalue weighted by Crippen LogP contribution is 2.35. The van der Waals surface area contributed by atoms with Crippen LogP contribution in [0.4, 0.5) is 0 Å². The highest BCUT2D eigenvalue weighted by atomic mass is 127. The topological polar surface area (TPSA) is 66.0 Å². The van der Waals surface area contributed by atoms with Crippen molar-refractivity contribution in [1.29, 1.82) is 10.5 Å². The van der Waals surface area contributed by atoms with E-state index in [4.69, 9.17) is 14.7 Å². The molecule has 0 aliphatic carbocycles. The predicted octanol–water partition coefficient (Wildman–Crippen LogP) is 5.81. The molecule has 0 amide bonds. The van der Waals surface area contributed by atoms with E-state index in [1.807, 2.05) is 42.5 Å². The Balaban J connectivity index is 1.89. The second kappa shape index (κ2) is 9.77. The van der Waals surface area contributed by atoms with Crippen LogP contribution in [0.5, 0.6) is 11.5 Å². The van der Waals surface area contributed by atoms with Gasteiger partial charge in [-0.15, -0.1) is 0 Å². The molecule has 3 aromatic rings. The fourth-order valence-corrected chi connectivity index (χ4v) is 3.55. The van der Waals surface area contributed by atoms with Crippen molar-refractivity contribution in [2.24, 2.45) is 0 Å². The third-order valence-corrected chi connectivity index (χ3v) is 5.04. The van der Waals surface area contributed by atoms with Gasteiger partial charge in [0.1, 0.15) is 6.61 Å². The van der Waals surface area contributed by atoms with Crippen LogP contribution in [0.25, 0.3) is 11.6 Å². The van der Waals surface area contributed by atoms with Gasteiger partial charge in [-0.1, -0.05) is 42.5 Å². The van der Waals surface area contributed by atoms with E-state index >= 15 is 0 Å². The Labute approximate surface area is 183 Å². The Hall–Kier alpha value is -3.29. The number of ether oxygens (including phenoxy) is 2. The van der Waals surface area contributed by atoms with Gasteiger partial charge in [-0.3, -0.25) is 0 Å². The SMILES string of the molecule is COc1cc(C=C(C#N)c2ccc(C#N)cc2)cc(I)c1OCc1ccccc1. The molecule has 0 spiro atoms.